The van der Waals surface area contributed by atoms with Gasteiger partial charge in [-0.25, -0.2) is 4.98 Å². The predicted molar refractivity (Wildman–Crippen MR) is 78.9 cm³/mol. The third kappa shape index (κ3) is 3.33. The molecule has 1 aromatic carbocycles. The number of carbonyl (C=O) groups is 1. The van der Waals surface area contributed by atoms with Crippen molar-refractivity contribution >= 4 is 22.7 Å². The van der Waals surface area contributed by atoms with E-state index in [9.17, 15) is 18.0 Å². The summed E-state index contributed by atoms with van der Waals surface area (Å²) >= 11 is 0. The summed E-state index contributed by atoms with van der Waals surface area (Å²) in [7, 11) is 0. The van der Waals surface area contributed by atoms with Gasteiger partial charge in [0.2, 0.25) is 5.91 Å². The van der Waals surface area contributed by atoms with Crippen molar-refractivity contribution in [2.45, 2.75) is 38.8 Å². The Bertz CT molecular complexity index is 724. The molecule has 1 aliphatic carbocycles. The first-order valence-corrected chi connectivity index (χ1v) is 7.59. The molecule has 4 nitrogen and oxygen atoms in total. The van der Waals surface area contributed by atoms with Crippen molar-refractivity contribution in [3.05, 3.63) is 24.1 Å². The van der Waals surface area contributed by atoms with Crippen LogP contribution in [0.25, 0.3) is 11.1 Å². The van der Waals surface area contributed by atoms with E-state index < -0.39 is 23.9 Å². The molecule has 0 unspecified atom stereocenters. The lowest BCUT2D eigenvalue weighted by Crippen LogP contribution is -2.39. The van der Waals surface area contributed by atoms with Crippen LogP contribution in [0.15, 0.2) is 22.6 Å². The van der Waals surface area contributed by atoms with Crippen LogP contribution in [0.2, 0.25) is 0 Å². The molecule has 23 heavy (non-hydrogen) atoms. The summed E-state index contributed by atoms with van der Waals surface area (Å²) < 4.78 is 44.6. The molecule has 1 saturated carbocycles. The van der Waals surface area contributed by atoms with Gasteiger partial charge in [-0.3, -0.25) is 4.79 Å². The molecule has 2 aromatic rings. The van der Waals surface area contributed by atoms with Crippen LogP contribution in [0.3, 0.4) is 0 Å². The van der Waals surface area contributed by atoms with Gasteiger partial charge in [-0.15, -0.1) is 0 Å². The maximum absolute atomic E-state index is 13.1. The monoisotopic (exact) mass is 326 g/mol. The SMILES string of the molecule is Cc1nc2cc(NC(=O)[C@H]3CCCC[C@@H]3C(F)(F)F)ccc2o1. The molecular weight excluding hydrogens is 309 g/mol. The number of alkyl halides is 3. The quantitative estimate of drug-likeness (QED) is 0.887. The summed E-state index contributed by atoms with van der Waals surface area (Å²) in [6.45, 7) is 1.70. The average Bonchev–Trinajstić information content (AvgIpc) is 2.85. The van der Waals surface area contributed by atoms with E-state index in [0.29, 0.717) is 35.5 Å². The Morgan fingerprint density at radius 2 is 2.04 bits per heavy atom. The van der Waals surface area contributed by atoms with Gasteiger partial charge in [-0.05, 0) is 31.0 Å². The van der Waals surface area contributed by atoms with Crippen LogP contribution >= 0.6 is 0 Å². The van der Waals surface area contributed by atoms with Crippen LogP contribution in [0.4, 0.5) is 18.9 Å². The van der Waals surface area contributed by atoms with Gasteiger partial charge in [0, 0.05) is 18.5 Å². The van der Waals surface area contributed by atoms with E-state index in [1.54, 1.807) is 25.1 Å². The number of carbonyl (C=O) groups excluding carboxylic acids is 1. The Morgan fingerprint density at radius 1 is 1.30 bits per heavy atom. The standard InChI is InChI=1S/C16H17F3N2O2/c1-9-20-13-8-10(6-7-14(13)23-9)21-15(22)11-4-2-3-5-12(11)16(17,18)19/h6-8,11-12H,2-5H2,1H3,(H,21,22)/t11-,12-/m0/s1. The van der Waals surface area contributed by atoms with Crippen molar-refractivity contribution in [1.82, 2.24) is 4.98 Å². The summed E-state index contributed by atoms with van der Waals surface area (Å²) in [5.74, 6) is -2.67. The van der Waals surface area contributed by atoms with Crippen LogP contribution in [0.5, 0.6) is 0 Å². The summed E-state index contributed by atoms with van der Waals surface area (Å²) in [6, 6.07) is 4.86. The van der Waals surface area contributed by atoms with E-state index in [-0.39, 0.29) is 12.8 Å². The number of anilines is 1. The molecule has 3 rings (SSSR count). The van der Waals surface area contributed by atoms with Gasteiger partial charge < -0.3 is 9.73 Å². The molecule has 124 valence electrons. The van der Waals surface area contributed by atoms with Crippen LogP contribution in [0.1, 0.15) is 31.6 Å². The largest absolute Gasteiger partial charge is 0.441 e. The molecule has 0 aliphatic heterocycles. The normalized spacial score (nSPS) is 22.3. The van der Waals surface area contributed by atoms with Crippen molar-refractivity contribution in [1.29, 1.82) is 0 Å². The number of nitrogens with one attached hydrogen (secondary N) is 1. The first-order valence-electron chi connectivity index (χ1n) is 7.59. The molecule has 1 N–H and O–H groups in total. The summed E-state index contributed by atoms with van der Waals surface area (Å²) in [4.78, 5) is 16.5. The fraction of sp³-hybridized carbons (Fsp3) is 0.500. The third-order valence-corrected chi connectivity index (χ3v) is 4.29. The number of amides is 1. The van der Waals surface area contributed by atoms with Gasteiger partial charge in [0.25, 0.3) is 0 Å². The lowest BCUT2D eigenvalue weighted by molar-refractivity contribution is -0.197. The molecule has 7 heteroatoms. The second kappa shape index (κ2) is 5.86. The second-order valence-corrected chi connectivity index (χ2v) is 5.94. The maximum atomic E-state index is 13.1. The zero-order valence-electron chi connectivity index (χ0n) is 12.6. The topological polar surface area (TPSA) is 55.1 Å². The number of halogens is 3. The van der Waals surface area contributed by atoms with E-state index in [2.05, 4.69) is 10.3 Å². The van der Waals surface area contributed by atoms with Gasteiger partial charge in [0.1, 0.15) is 5.52 Å². The smallest absolute Gasteiger partial charge is 0.392 e. The van der Waals surface area contributed by atoms with Crippen LogP contribution in [-0.2, 0) is 4.79 Å². The molecule has 1 amide bonds. The number of aromatic nitrogens is 1. The summed E-state index contributed by atoms with van der Waals surface area (Å²) in [6.07, 6.45) is -2.90. The number of hydrogen-bond acceptors (Lipinski definition) is 3. The second-order valence-electron chi connectivity index (χ2n) is 5.94. The average molecular weight is 326 g/mol. The number of aryl methyl sites for hydroxylation is 1. The van der Waals surface area contributed by atoms with Gasteiger partial charge >= 0.3 is 6.18 Å². The van der Waals surface area contributed by atoms with Crippen LogP contribution < -0.4 is 5.32 Å². The molecule has 2 atom stereocenters. The highest BCUT2D eigenvalue weighted by Gasteiger charge is 2.48. The van der Waals surface area contributed by atoms with Gasteiger partial charge in [0.05, 0.1) is 5.92 Å². The highest BCUT2D eigenvalue weighted by molar-refractivity contribution is 5.94. The Labute approximate surface area is 131 Å². The Kier molecular flexibility index (Phi) is 4.04. The molecule has 1 aliphatic rings. The number of fused-ring (bicyclic) bond motifs is 1. The fourth-order valence-electron chi connectivity index (χ4n) is 3.19. The number of oxazole rings is 1. The zero-order valence-corrected chi connectivity index (χ0v) is 12.6. The van der Waals surface area contributed by atoms with Crippen molar-refractivity contribution in [3.63, 3.8) is 0 Å². The van der Waals surface area contributed by atoms with E-state index in [1.165, 1.54) is 0 Å². The highest BCUT2D eigenvalue weighted by Crippen LogP contribution is 2.41. The van der Waals surface area contributed by atoms with Gasteiger partial charge in [0.15, 0.2) is 11.5 Å². The fourth-order valence-corrected chi connectivity index (χ4v) is 3.19. The van der Waals surface area contributed by atoms with Crippen molar-refractivity contribution in [2.24, 2.45) is 11.8 Å². The minimum atomic E-state index is -4.34. The van der Waals surface area contributed by atoms with Gasteiger partial charge in [-0.1, -0.05) is 12.8 Å². The lowest BCUT2D eigenvalue weighted by Gasteiger charge is -2.31. The molecule has 0 radical (unpaired) electrons. The Morgan fingerprint density at radius 3 is 2.78 bits per heavy atom. The molecule has 1 aromatic heterocycles. The Balaban J connectivity index is 1.78. The van der Waals surface area contributed by atoms with Crippen molar-refractivity contribution in [2.75, 3.05) is 5.32 Å². The Hall–Kier alpha value is -2.05. The molecule has 1 heterocycles. The van der Waals surface area contributed by atoms with E-state index in [4.69, 9.17) is 4.42 Å². The van der Waals surface area contributed by atoms with E-state index >= 15 is 0 Å². The first-order chi connectivity index (χ1) is 10.8. The third-order valence-electron chi connectivity index (χ3n) is 4.29. The number of rotatable bonds is 2. The number of nitrogens with zero attached hydrogens (tertiary/aromatic N) is 1. The zero-order chi connectivity index (χ0) is 16.6. The molecule has 0 bridgehead atoms. The van der Waals surface area contributed by atoms with E-state index in [0.717, 1.165) is 0 Å². The maximum Gasteiger partial charge on any atom is 0.392 e. The van der Waals surface area contributed by atoms with Crippen LogP contribution in [0, 0.1) is 18.8 Å². The molecule has 1 fully saturated rings. The summed E-state index contributed by atoms with van der Waals surface area (Å²) in [5, 5.41) is 2.59. The predicted octanol–water partition coefficient (Wildman–Crippen LogP) is 4.44. The van der Waals surface area contributed by atoms with Crippen LogP contribution in [-0.4, -0.2) is 17.1 Å². The first kappa shape index (κ1) is 15.8. The highest BCUT2D eigenvalue weighted by atomic mass is 19.4. The van der Waals surface area contributed by atoms with Crippen molar-refractivity contribution in [3.8, 4) is 0 Å². The number of hydrogen-bond donors (Lipinski definition) is 1. The lowest BCUT2D eigenvalue weighted by atomic mass is 9.78. The molecule has 0 saturated heterocycles. The number of benzene rings is 1. The molecular formula is C16H17F3N2O2. The van der Waals surface area contributed by atoms with Gasteiger partial charge in [-0.2, -0.15) is 13.2 Å². The van der Waals surface area contributed by atoms with Crippen molar-refractivity contribution < 1.29 is 22.4 Å². The minimum absolute atomic E-state index is 0.0170. The minimum Gasteiger partial charge on any atom is -0.441 e. The molecule has 0 spiro atoms. The van der Waals surface area contributed by atoms with E-state index in [1.807, 2.05) is 0 Å². The summed E-state index contributed by atoms with van der Waals surface area (Å²) in [5.41, 5.74) is 1.57.